The van der Waals surface area contributed by atoms with E-state index in [1.54, 1.807) is 27.0 Å². The number of allylic oxidation sites excluding steroid dienone is 4. The van der Waals surface area contributed by atoms with Gasteiger partial charge in [-0.15, -0.1) is 0 Å². The Bertz CT molecular complexity index is 691. The highest BCUT2D eigenvalue weighted by Gasteiger charge is 2.14. The first kappa shape index (κ1) is 25.1. The predicted octanol–water partition coefficient (Wildman–Crippen LogP) is 5.56. The molecule has 0 fully saturated rings. The van der Waals surface area contributed by atoms with Gasteiger partial charge in [-0.3, -0.25) is 4.79 Å². The largest absolute Gasteiger partial charge is 0.326 e. The number of carbonyl (C=O) groups excluding carboxylic acids is 1. The van der Waals surface area contributed by atoms with Gasteiger partial charge in [-0.05, 0) is 56.8 Å². The van der Waals surface area contributed by atoms with Crippen LogP contribution in [0, 0.1) is 31.6 Å². The highest BCUT2D eigenvalue weighted by Crippen LogP contribution is 2.25. The van der Waals surface area contributed by atoms with Crippen molar-refractivity contribution in [1.29, 1.82) is 0 Å². The van der Waals surface area contributed by atoms with Gasteiger partial charge in [-0.1, -0.05) is 39.0 Å². The van der Waals surface area contributed by atoms with Crippen LogP contribution in [-0.4, -0.2) is 15.7 Å². The minimum absolute atomic E-state index is 0.0974. The molecule has 0 aliphatic rings. The SMILES string of the molecule is C=C/C(NC(C)=O)=C(\C=C(/C)Cl)C(C)CC(C)C.Cc1nn(C)c(F)c1C. The summed E-state index contributed by atoms with van der Waals surface area (Å²) in [7, 11) is 1.59. The van der Waals surface area contributed by atoms with Gasteiger partial charge in [0.2, 0.25) is 11.9 Å². The number of carbonyl (C=O) groups is 1. The summed E-state index contributed by atoms with van der Waals surface area (Å²) in [5, 5.41) is 7.36. The van der Waals surface area contributed by atoms with E-state index in [2.05, 4.69) is 37.8 Å². The van der Waals surface area contributed by atoms with E-state index in [1.807, 2.05) is 13.0 Å². The highest BCUT2D eigenvalue weighted by molar-refractivity contribution is 6.29. The van der Waals surface area contributed by atoms with Crippen molar-refractivity contribution >= 4 is 17.5 Å². The molecule has 152 valence electrons. The van der Waals surface area contributed by atoms with Crippen molar-refractivity contribution in [2.75, 3.05) is 0 Å². The van der Waals surface area contributed by atoms with Crippen molar-refractivity contribution in [1.82, 2.24) is 15.1 Å². The van der Waals surface area contributed by atoms with Crippen molar-refractivity contribution in [2.45, 2.75) is 54.9 Å². The van der Waals surface area contributed by atoms with Crippen LogP contribution in [-0.2, 0) is 11.8 Å². The second-order valence-corrected chi connectivity index (χ2v) is 7.74. The number of nitrogens with zero attached hydrogens (tertiary/aromatic N) is 2. The van der Waals surface area contributed by atoms with Crippen LogP contribution in [0.1, 0.15) is 52.3 Å². The van der Waals surface area contributed by atoms with Gasteiger partial charge in [0.25, 0.3) is 0 Å². The normalized spacial score (nSPS) is 13.5. The molecule has 0 spiro atoms. The first-order valence-electron chi connectivity index (χ1n) is 9.04. The first-order valence-corrected chi connectivity index (χ1v) is 9.42. The van der Waals surface area contributed by atoms with Gasteiger partial charge in [0.15, 0.2) is 0 Å². The van der Waals surface area contributed by atoms with Crippen molar-refractivity contribution in [2.24, 2.45) is 18.9 Å². The van der Waals surface area contributed by atoms with Gasteiger partial charge < -0.3 is 5.32 Å². The Hall–Kier alpha value is -1.88. The molecule has 4 nitrogen and oxygen atoms in total. The summed E-state index contributed by atoms with van der Waals surface area (Å²) in [6.07, 6.45) is 4.61. The first-order chi connectivity index (χ1) is 12.4. The lowest BCUT2D eigenvalue weighted by Crippen LogP contribution is -2.21. The number of amides is 1. The fraction of sp³-hybridized carbons (Fsp3) is 0.524. The van der Waals surface area contributed by atoms with Gasteiger partial charge in [-0.25, -0.2) is 4.68 Å². The second kappa shape index (κ2) is 11.8. The molecule has 1 unspecified atom stereocenters. The number of aryl methyl sites for hydroxylation is 2. The molecule has 0 radical (unpaired) electrons. The molecule has 0 saturated carbocycles. The summed E-state index contributed by atoms with van der Waals surface area (Å²) in [4.78, 5) is 11.2. The number of rotatable bonds is 6. The van der Waals surface area contributed by atoms with E-state index in [9.17, 15) is 9.18 Å². The molecule has 0 aliphatic heterocycles. The van der Waals surface area contributed by atoms with E-state index >= 15 is 0 Å². The molecule has 0 aliphatic carbocycles. The lowest BCUT2D eigenvalue weighted by atomic mass is 9.90. The van der Waals surface area contributed by atoms with Crippen LogP contribution < -0.4 is 5.32 Å². The van der Waals surface area contributed by atoms with Crippen LogP contribution in [0.3, 0.4) is 0 Å². The van der Waals surface area contributed by atoms with Crippen LogP contribution in [0.25, 0.3) is 0 Å². The fourth-order valence-electron chi connectivity index (χ4n) is 2.70. The molecule has 27 heavy (non-hydrogen) atoms. The van der Waals surface area contributed by atoms with Gasteiger partial charge in [0, 0.05) is 30.3 Å². The average Bonchev–Trinajstić information content (AvgIpc) is 2.76. The molecule has 0 bridgehead atoms. The van der Waals surface area contributed by atoms with Crippen molar-refractivity contribution in [3.63, 3.8) is 0 Å². The van der Waals surface area contributed by atoms with Crippen LogP contribution in [0.2, 0.25) is 0 Å². The summed E-state index contributed by atoms with van der Waals surface area (Å²) < 4.78 is 13.9. The number of aromatic nitrogens is 2. The fourth-order valence-corrected chi connectivity index (χ4v) is 2.82. The third kappa shape index (κ3) is 9.05. The summed E-state index contributed by atoms with van der Waals surface area (Å²) in [5.41, 5.74) is 3.17. The summed E-state index contributed by atoms with van der Waals surface area (Å²) in [5.74, 6) is 0.563. The van der Waals surface area contributed by atoms with E-state index in [0.717, 1.165) is 23.4 Å². The van der Waals surface area contributed by atoms with E-state index in [-0.39, 0.29) is 11.9 Å². The van der Waals surface area contributed by atoms with Crippen LogP contribution >= 0.6 is 11.6 Å². The minimum atomic E-state index is -0.243. The summed E-state index contributed by atoms with van der Waals surface area (Å²) in [6, 6.07) is 0. The number of halogens is 2. The molecule has 1 atom stereocenters. The average molecular weight is 398 g/mol. The van der Waals surface area contributed by atoms with Crippen molar-refractivity contribution in [3.8, 4) is 0 Å². The number of hydrogen-bond acceptors (Lipinski definition) is 2. The van der Waals surface area contributed by atoms with Gasteiger partial charge in [0.05, 0.1) is 5.69 Å². The predicted molar refractivity (Wildman–Crippen MR) is 112 cm³/mol. The quantitative estimate of drug-likeness (QED) is 0.638. The van der Waals surface area contributed by atoms with Crippen molar-refractivity contribution in [3.05, 3.63) is 52.2 Å². The van der Waals surface area contributed by atoms with E-state index in [4.69, 9.17) is 11.6 Å². The van der Waals surface area contributed by atoms with Crippen molar-refractivity contribution < 1.29 is 9.18 Å². The topological polar surface area (TPSA) is 46.9 Å². The molecule has 0 saturated heterocycles. The smallest absolute Gasteiger partial charge is 0.221 e. The molecule has 6 heteroatoms. The van der Waals surface area contributed by atoms with Gasteiger partial charge in [-0.2, -0.15) is 9.49 Å². The highest BCUT2D eigenvalue weighted by atomic mass is 35.5. The molecule has 1 rings (SSSR count). The Kier molecular flexibility index (Phi) is 10.9. The molecule has 1 aromatic rings. The molecule has 1 aromatic heterocycles. The maximum atomic E-state index is 12.7. The Morgan fingerprint density at radius 2 is 1.89 bits per heavy atom. The van der Waals surface area contributed by atoms with E-state index in [0.29, 0.717) is 22.4 Å². The monoisotopic (exact) mass is 397 g/mol. The van der Waals surface area contributed by atoms with Crippen LogP contribution in [0.5, 0.6) is 0 Å². The van der Waals surface area contributed by atoms with Crippen LogP contribution in [0.15, 0.2) is 35.0 Å². The second-order valence-electron chi connectivity index (χ2n) is 7.14. The van der Waals surface area contributed by atoms with E-state index in [1.165, 1.54) is 11.6 Å². The minimum Gasteiger partial charge on any atom is -0.326 e. The van der Waals surface area contributed by atoms with E-state index < -0.39 is 0 Å². The zero-order valence-electron chi connectivity index (χ0n) is 17.8. The van der Waals surface area contributed by atoms with Gasteiger partial charge >= 0.3 is 0 Å². The molecular weight excluding hydrogens is 365 g/mol. The number of hydrogen-bond donors (Lipinski definition) is 1. The Balaban J connectivity index is 0.000000621. The summed E-state index contributed by atoms with van der Waals surface area (Å²) in [6.45, 7) is 17.1. The number of nitrogens with one attached hydrogen (secondary N) is 1. The van der Waals surface area contributed by atoms with Gasteiger partial charge in [0.1, 0.15) is 0 Å². The maximum absolute atomic E-state index is 12.7. The molecular formula is C21H33ClFN3O. The Morgan fingerprint density at radius 1 is 1.33 bits per heavy atom. The zero-order valence-corrected chi connectivity index (χ0v) is 18.5. The third-order valence-corrected chi connectivity index (χ3v) is 4.08. The molecule has 1 N–H and O–H groups in total. The standard InChI is InChI=1S/C15H24ClNO.C6H9FN2/c1-7-15(17-13(6)18)14(9-12(5)16)11(4)8-10(2)3;1-4-5(2)8-9(3)6(4)7/h7,9-11H,1,8H2,2-6H3,(H,17,18);1-3H3/b12-9+,15-14-;. The molecule has 0 aromatic carbocycles. The molecule has 1 amide bonds. The maximum Gasteiger partial charge on any atom is 0.221 e. The zero-order chi connectivity index (χ0) is 21.3. The lowest BCUT2D eigenvalue weighted by molar-refractivity contribution is -0.118. The Labute approximate surface area is 168 Å². The molecule has 1 heterocycles. The third-order valence-electron chi connectivity index (χ3n) is 3.97. The lowest BCUT2D eigenvalue weighted by Gasteiger charge is -2.19. The summed E-state index contributed by atoms with van der Waals surface area (Å²) >= 11 is 5.97. The Morgan fingerprint density at radius 3 is 2.15 bits per heavy atom. The van der Waals surface area contributed by atoms with Crippen LogP contribution in [0.4, 0.5) is 4.39 Å².